The predicted octanol–water partition coefficient (Wildman–Crippen LogP) is 1.60. The summed E-state index contributed by atoms with van der Waals surface area (Å²) < 4.78 is 11.4. The standard InChI is InChI=1S/C15H20N4O3S2/c16-15-18-10(8-24-15)1-2-14(20)19-12-3-4-21-6-13(12)22-5-11-7-23-9-17-11/h7-9,12-13H,1-6H2,(H2,16,18)(H,19,20)/t12-,13-/m1/s1. The van der Waals surface area contributed by atoms with Gasteiger partial charge in [0, 0.05) is 23.8 Å². The van der Waals surface area contributed by atoms with Gasteiger partial charge in [0.1, 0.15) is 6.10 Å². The number of thiazole rings is 2. The van der Waals surface area contributed by atoms with Crippen molar-refractivity contribution < 1.29 is 14.3 Å². The monoisotopic (exact) mass is 368 g/mol. The van der Waals surface area contributed by atoms with Gasteiger partial charge in [-0.25, -0.2) is 9.97 Å². The summed E-state index contributed by atoms with van der Waals surface area (Å²) in [7, 11) is 0. The Morgan fingerprint density at radius 3 is 3.12 bits per heavy atom. The molecule has 1 fully saturated rings. The van der Waals surface area contributed by atoms with E-state index in [9.17, 15) is 4.79 Å². The molecular formula is C15H20N4O3S2. The lowest BCUT2D eigenvalue weighted by Gasteiger charge is -2.32. The summed E-state index contributed by atoms with van der Waals surface area (Å²) in [6, 6.07) is -0.0367. The largest absolute Gasteiger partial charge is 0.379 e. The maximum absolute atomic E-state index is 12.2. The number of aromatic nitrogens is 2. The van der Waals surface area contributed by atoms with Crippen LogP contribution in [0, 0.1) is 0 Å². The van der Waals surface area contributed by atoms with E-state index in [0.717, 1.165) is 17.8 Å². The topological polar surface area (TPSA) is 99.4 Å². The number of rotatable bonds is 7. The molecule has 1 aliphatic rings. The van der Waals surface area contributed by atoms with Crippen molar-refractivity contribution in [1.82, 2.24) is 15.3 Å². The lowest BCUT2D eigenvalue weighted by Crippen LogP contribution is -2.50. The zero-order valence-electron chi connectivity index (χ0n) is 13.1. The highest BCUT2D eigenvalue weighted by Crippen LogP contribution is 2.15. The van der Waals surface area contributed by atoms with Crippen molar-refractivity contribution in [2.24, 2.45) is 0 Å². The number of ether oxygens (including phenoxy) is 2. The summed E-state index contributed by atoms with van der Waals surface area (Å²) in [4.78, 5) is 20.6. The first-order valence-electron chi connectivity index (χ1n) is 7.76. The second-order valence-corrected chi connectivity index (χ2v) is 7.15. The minimum absolute atomic E-state index is 0.00395. The van der Waals surface area contributed by atoms with Gasteiger partial charge in [-0.1, -0.05) is 0 Å². The lowest BCUT2D eigenvalue weighted by molar-refractivity contribution is -0.126. The molecule has 9 heteroatoms. The molecule has 0 bridgehead atoms. The summed E-state index contributed by atoms with van der Waals surface area (Å²) >= 11 is 2.93. The number of carbonyl (C=O) groups excluding carboxylic acids is 1. The molecule has 24 heavy (non-hydrogen) atoms. The van der Waals surface area contributed by atoms with E-state index in [1.807, 2.05) is 10.8 Å². The fourth-order valence-corrected chi connectivity index (χ4v) is 3.64. The first-order chi connectivity index (χ1) is 11.7. The second kappa shape index (κ2) is 8.52. The van der Waals surface area contributed by atoms with Crippen LogP contribution in [0.4, 0.5) is 5.13 Å². The zero-order valence-corrected chi connectivity index (χ0v) is 14.8. The van der Waals surface area contributed by atoms with Crippen LogP contribution in [0.3, 0.4) is 0 Å². The SMILES string of the molecule is Nc1nc(CCC(=O)N[C@@H]2CCOC[C@H]2OCc2cscn2)cs1. The predicted molar refractivity (Wildman–Crippen MR) is 92.9 cm³/mol. The van der Waals surface area contributed by atoms with E-state index in [1.165, 1.54) is 22.7 Å². The molecule has 0 spiro atoms. The van der Waals surface area contributed by atoms with Gasteiger partial charge in [-0.3, -0.25) is 4.79 Å². The molecule has 2 atom stereocenters. The van der Waals surface area contributed by atoms with Crippen LogP contribution in [0.5, 0.6) is 0 Å². The Kier molecular flexibility index (Phi) is 6.13. The molecule has 1 aliphatic heterocycles. The maximum Gasteiger partial charge on any atom is 0.220 e. The summed E-state index contributed by atoms with van der Waals surface area (Å²) in [5, 5.41) is 7.43. The van der Waals surface area contributed by atoms with Crippen LogP contribution < -0.4 is 11.1 Å². The van der Waals surface area contributed by atoms with Crippen LogP contribution in [-0.4, -0.2) is 41.2 Å². The fourth-order valence-electron chi connectivity index (χ4n) is 2.50. The van der Waals surface area contributed by atoms with Crippen molar-refractivity contribution in [1.29, 1.82) is 0 Å². The van der Waals surface area contributed by atoms with Gasteiger partial charge in [-0.2, -0.15) is 0 Å². The highest BCUT2D eigenvalue weighted by atomic mass is 32.1. The van der Waals surface area contributed by atoms with Crippen molar-refractivity contribution in [2.45, 2.75) is 38.0 Å². The van der Waals surface area contributed by atoms with Gasteiger partial charge in [-0.15, -0.1) is 22.7 Å². The van der Waals surface area contributed by atoms with Crippen molar-refractivity contribution in [3.05, 3.63) is 27.7 Å². The number of anilines is 1. The number of carbonyl (C=O) groups is 1. The number of nitrogens with two attached hydrogens (primary N) is 1. The zero-order chi connectivity index (χ0) is 16.8. The quantitative estimate of drug-likeness (QED) is 0.770. The fraction of sp³-hybridized carbons (Fsp3) is 0.533. The van der Waals surface area contributed by atoms with Gasteiger partial charge in [0.05, 0.1) is 36.2 Å². The highest BCUT2D eigenvalue weighted by molar-refractivity contribution is 7.13. The summed E-state index contributed by atoms with van der Waals surface area (Å²) in [5.41, 5.74) is 9.13. The Balaban J connectivity index is 1.46. The van der Waals surface area contributed by atoms with Gasteiger partial charge >= 0.3 is 0 Å². The molecule has 3 heterocycles. The molecule has 2 aromatic heterocycles. The molecule has 0 unspecified atom stereocenters. The number of hydrogen-bond acceptors (Lipinski definition) is 8. The van der Waals surface area contributed by atoms with E-state index in [-0.39, 0.29) is 18.1 Å². The number of hydrogen-bond donors (Lipinski definition) is 2. The average Bonchev–Trinajstić information content (AvgIpc) is 3.24. The van der Waals surface area contributed by atoms with Gasteiger partial charge in [0.2, 0.25) is 5.91 Å². The van der Waals surface area contributed by atoms with E-state index in [4.69, 9.17) is 15.2 Å². The lowest BCUT2D eigenvalue weighted by atomic mass is 10.1. The molecule has 1 amide bonds. The molecule has 0 aromatic carbocycles. The van der Waals surface area contributed by atoms with Crippen LogP contribution in [0.1, 0.15) is 24.2 Å². The normalized spacial score (nSPS) is 20.8. The summed E-state index contributed by atoms with van der Waals surface area (Å²) in [5.74, 6) is -0.00395. The molecule has 0 radical (unpaired) electrons. The second-order valence-electron chi connectivity index (χ2n) is 5.54. The van der Waals surface area contributed by atoms with Gasteiger partial charge in [0.15, 0.2) is 5.13 Å². The molecule has 0 aliphatic carbocycles. The molecule has 7 nitrogen and oxygen atoms in total. The van der Waals surface area contributed by atoms with E-state index in [1.54, 1.807) is 5.51 Å². The van der Waals surface area contributed by atoms with Crippen LogP contribution >= 0.6 is 22.7 Å². The van der Waals surface area contributed by atoms with E-state index in [0.29, 0.717) is 37.8 Å². The summed E-state index contributed by atoms with van der Waals surface area (Å²) in [6.07, 6.45) is 1.57. The van der Waals surface area contributed by atoms with Crippen LogP contribution in [0.15, 0.2) is 16.3 Å². The van der Waals surface area contributed by atoms with Crippen LogP contribution in [0.25, 0.3) is 0 Å². The Morgan fingerprint density at radius 1 is 1.46 bits per heavy atom. The Hall–Kier alpha value is -1.55. The molecule has 3 N–H and O–H groups in total. The van der Waals surface area contributed by atoms with Crippen LogP contribution in [0.2, 0.25) is 0 Å². The van der Waals surface area contributed by atoms with Crippen molar-refractivity contribution in [2.75, 3.05) is 18.9 Å². The first-order valence-corrected chi connectivity index (χ1v) is 9.58. The van der Waals surface area contributed by atoms with Gasteiger partial charge < -0.3 is 20.5 Å². The number of nitrogen functional groups attached to an aromatic ring is 1. The van der Waals surface area contributed by atoms with E-state index in [2.05, 4.69) is 15.3 Å². The smallest absolute Gasteiger partial charge is 0.220 e. The minimum atomic E-state index is -0.153. The Morgan fingerprint density at radius 2 is 2.38 bits per heavy atom. The highest BCUT2D eigenvalue weighted by Gasteiger charge is 2.28. The third kappa shape index (κ3) is 4.97. The molecule has 1 saturated heterocycles. The number of nitrogens with zero attached hydrogens (tertiary/aromatic N) is 2. The Bertz CT molecular complexity index is 647. The molecular weight excluding hydrogens is 348 g/mol. The van der Waals surface area contributed by atoms with Crippen molar-refractivity contribution in [3.8, 4) is 0 Å². The minimum Gasteiger partial charge on any atom is -0.379 e. The van der Waals surface area contributed by atoms with Gasteiger partial charge in [0.25, 0.3) is 0 Å². The van der Waals surface area contributed by atoms with E-state index < -0.39 is 0 Å². The van der Waals surface area contributed by atoms with Crippen molar-refractivity contribution >= 4 is 33.7 Å². The van der Waals surface area contributed by atoms with Crippen LogP contribution in [-0.2, 0) is 27.3 Å². The number of amides is 1. The number of aryl methyl sites for hydroxylation is 1. The summed E-state index contributed by atoms with van der Waals surface area (Å²) in [6.45, 7) is 1.55. The van der Waals surface area contributed by atoms with Crippen molar-refractivity contribution in [3.63, 3.8) is 0 Å². The Labute approximate surface area is 148 Å². The maximum atomic E-state index is 12.2. The molecule has 130 valence electrons. The molecule has 3 rings (SSSR count). The molecule has 0 saturated carbocycles. The molecule has 2 aromatic rings. The number of nitrogens with one attached hydrogen (secondary N) is 1. The average molecular weight is 368 g/mol. The third-order valence-electron chi connectivity index (χ3n) is 3.76. The third-order valence-corrected chi connectivity index (χ3v) is 5.11. The van der Waals surface area contributed by atoms with Gasteiger partial charge in [-0.05, 0) is 12.8 Å². The van der Waals surface area contributed by atoms with E-state index >= 15 is 0 Å². The first kappa shape index (κ1) is 17.3.